The molecule has 3 unspecified atom stereocenters. The van der Waals surface area contributed by atoms with Gasteiger partial charge in [0.15, 0.2) is 0 Å². The smallest absolute Gasteiger partial charge is 0.317 e. The molecule has 2 heterocycles. The van der Waals surface area contributed by atoms with E-state index < -0.39 is 6.10 Å². The number of rotatable bonds is 6. The summed E-state index contributed by atoms with van der Waals surface area (Å²) in [6.45, 7) is 4.16. The Morgan fingerprint density at radius 2 is 2.04 bits per heavy atom. The average molecular weight is 363 g/mol. The largest absolute Gasteiger partial charge is 0.388 e. The summed E-state index contributed by atoms with van der Waals surface area (Å²) >= 11 is 0. The number of hydrogen-bond acceptors (Lipinski definition) is 5. The van der Waals surface area contributed by atoms with Crippen molar-refractivity contribution in [2.24, 2.45) is 0 Å². The lowest BCUT2D eigenvalue weighted by Crippen LogP contribution is -2.53. The van der Waals surface area contributed by atoms with Crippen LogP contribution in [0.4, 0.5) is 4.79 Å². The Balaban J connectivity index is 1.41. The summed E-state index contributed by atoms with van der Waals surface area (Å²) in [4.78, 5) is 16.1. The van der Waals surface area contributed by atoms with Gasteiger partial charge in [0.2, 0.25) is 0 Å². The van der Waals surface area contributed by atoms with Crippen LogP contribution in [0, 0.1) is 0 Å². The molecule has 144 valence electrons. The summed E-state index contributed by atoms with van der Waals surface area (Å²) in [5.41, 5.74) is 1.29. The molecule has 0 radical (unpaired) electrons. The molecule has 2 amide bonds. The number of aliphatic hydroxyl groups is 1. The van der Waals surface area contributed by atoms with Crippen LogP contribution in [0.25, 0.3) is 0 Å². The van der Waals surface area contributed by atoms with Crippen molar-refractivity contribution < 1.29 is 19.4 Å². The number of carbonyl (C=O) groups excluding carboxylic acids is 1. The maximum absolute atomic E-state index is 12.3. The number of aliphatic hydroxyl groups excluding tert-OH is 1. The fourth-order valence-corrected chi connectivity index (χ4v) is 3.35. The van der Waals surface area contributed by atoms with Gasteiger partial charge in [-0.3, -0.25) is 0 Å². The zero-order valence-corrected chi connectivity index (χ0v) is 15.3. The van der Waals surface area contributed by atoms with Gasteiger partial charge in [-0.2, -0.15) is 0 Å². The molecule has 3 rings (SSSR count). The minimum Gasteiger partial charge on any atom is -0.388 e. The molecule has 0 spiro atoms. The normalized spacial score (nSPS) is 26.3. The fourth-order valence-electron chi connectivity index (χ4n) is 3.35. The summed E-state index contributed by atoms with van der Waals surface area (Å²) in [7, 11) is 2.03. The first-order valence-corrected chi connectivity index (χ1v) is 9.29. The molecule has 7 heteroatoms. The molecule has 2 saturated heterocycles. The molecular formula is C19H29N3O4. The Hall–Kier alpha value is -1.67. The van der Waals surface area contributed by atoms with Crippen molar-refractivity contribution in [2.45, 2.75) is 24.7 Å². The average Bonchev–Trinajstić information content (AvgIpc) is 3.01. The molecule has 1 aromatic carbocycles. The van der Waals surface area contributed by atoms with E-state index in [0.29, 0.717) is 39.5 Å². The van der Waals surface area contributed by atoms with Crippen LogP contribution in [0.2, 0.25) is 0 Å². The minimum atomic E-state index is -0.695. The van der Waals surface area contributed by atoms with Crippen LogP contribution in [-0.2, 0) is 15.9 Å². The van der Waals surface area contributed by atoms with Crippen molar-refractivity contribution in [1.29, 1.82) is 0 Å². The van der Waals surface area contributed by atoms with Crippen LogP contribution >= 0.6 is 0 Å². The first kappa shape index (κ1) is 19.1. The number of morpholine rings is 1. The minimum absolute atomic E-state index is 0.154. The van der Waals surface area contributed by atoms with E-state index in [-0.39, 0.29) is 18.2 Å². The van der Waals surface area contributed by atoms with Gasteiger partial charge in [-0.05, 0) is 19.0 Å². The fraction of sp³-hybridized carbons (Fsp3) is 0.632. The van der Waals surface area contributed by atoms with Gasteiger partial charge in [-0.15, -0.1) is 0 Å². The van der Waals surface area contributed by atoms with Gasteiger partial charge in [-0.25, -0.2) is 4.79 Å². The molecule has 0 bridgehead atoms. The predicted octanol–water partition coefficient (Wildman–Crippen LogP) is 0.331. The van der Waals surface area contributed by atoms with E-state index in [1.54, 1.807) is 4.90 Å². The molecule has 1 aromatic rings. The Morgan fingerprint density at radius 3 is 2.77 bits per heavy atom. The second kappa shape index (κ2) is 9.32. The van der Waals surface area contributed by atoms with Crippen molar-refractivity contribution in [1.82, 2.24) is 15.1 Å². The molecule has 0 saturated carbocycles. The Morgan fingerprint density at radius 1 is 1.31 bits per heavy atom. The first-order chi connectivity index (χ1) is 12.6. The Kier molecular flexibility index (Phi) is 6.85. The third-order valence-electron chi connectivity index (χ3n) is 5.01. The lowest BCUT2D eigenvalue weighted by atomic mass is 10.1. The van der Waals surface area contributed by atoms with Gasteiger partial charge in [0, 0.05) is 26.2 Å². The maximum atomic E-state index is 12.3. The van der Waals surface area contributed by atoms with Crippen LogP contribution in [0.3, 0.4) is 0 Å². The van der Waals surface area contributed by atoms with E-state index in [1.165, 1.54) is 5.56 Å². The highest BCUT2D eigenvalue weighted by Crippen LogP contribution is 2.16. The molecule has 26 heavy (non-hydrogen) atoms. The van der Waals surface area contributed by atoms with Gasteiger partial charge in [-0.1, -0.05) is 30.3 Å². The second-order valence-corrected chi connectivity index (χ2v) is 7.02. The predicted molar refractivity (Wildman–Crippen MR) is 98.1 cm³/mol. The third-order valence-corrected chi connectivity index (χ3v) is 5.01. The number of urea groups is 1. The van der Waals surface area contributed by atoms with Crippen molar-refractivity contribution in [3.8, 4) is 0 Å². The standard InChI is InChI=1S/C19H29N3O4/c1-21(8-7-15-5-3-2-4-6-15)13-17-18(23)16(14-26-17)20-19(24)22-9-11-25-12-10-22/h2-6,16-18,23H,7-14H2,1H3,(H,20,24). The van der Waals surface area contributed by atoms with Crippen molar-refractivity contribution in [3.05, 3.63) is 35.9 Å². The van der Waals surface area contributed by atoms with E-state index in [9.17, 15) is 9.90 Å². The number of likely N-dealkylation sites (N-methyl/N-ethyl adjacent to an activating group) is 1. The molecule has 0 aliphatic carbocycles. The number of amides is 2. The number of carbonyl (C=O) groups is 1. The summed E-state index contributed by atoms with van der Waals surface area (Å²) in [5, 5.41) is 13.4. The van der Waals surface area contributed by atoms with Gasteiger partial charge in [0.25, 0.3) is 0 Å². The number of benzene rings is 1. The van der Waals surface area contributed by atoms with Crippen molar-refractivity contribution in [2.75, 3.05) is 53.0 Å². The molecule has 2 aliphatic rings. The number of hydrogen-bond donors (Lipinski definition) is 2. The number of nitrogens with zero attached hydrogens (tertiary/aromatic N) is 2. The lowest BCUT2D eigenvalue weighted by Gasteiger charge is -2.29. The first-order valence-electron chi connectivity index (χ1n) is 9.29. The lowest BCUT2D eigenvalue weighted by molar-refractivity contribution is 0.0200. The monoisotopic (exact) mass is 363 g/mol. The third kappa shape index (κ3) is 5.17. The summed E-state index contributed by atoms with van der Waals surface area (Å²) in [6.07, 6.45) is -0.0258. The summed E-state index contributed by atoms with van der Waals surface area (Å²) in [6, 6.07) is 9.82. The van der Waals surface area contributed by atoms with Crippen LogP contribution in [0.5, 0.6) is 0 Å². The van der Waals surface area contributed by atoms with Crippen LogP contribution in [0.15, 0.2) is 30.3 Å². The van der Waals surface area contributed by atoms with E-state index >= 15 is 0 Å². The van der Waals surface area contributed by atoms with Gasteiger partial charge in [0.1, 0.15) is 6.10 Å². The van der Waals surface area contributed by atoms with Crippen molar-refractivity contribution >= 4 is 6.03 Å². The van der Waals surface area contributed by atoms with Gasteiger partial charge < -0.3 is 29.7 Å². The number of nitrogens with one attached hydrogen (secondary N) is 1. The molecular weight excluding hydrogens is 334 g/mol. The van der Waals surface area contributed by atoms with Crippen molar-refractivity contribution in [3.63, 3.8) is 0 Å². The molecule has 7 nitrogen and oxygen atoms in total. The topological polar surface area (TPSA) is 74.3 Å². The molecule has 2 N–H and O–H groups in total. The maximum Gasteiger partial charge on any atom is 0.317 e. The number of ether oxygens (including phenoxy) is 2. The summed E-state index contributed by atoms with van der Waals surface area (Å²) < 4.78 is 11.0. The van der Waals surface area contributed by atoms with E-state index in [2.05, 4.69) is 22.3 Å². The van der Waals surface area contributed by atoms with E-state index in [0.717, 1.165) is 13.0 Å². The highest BCUT2D eigenvalue weighted by molar-refractivity contribution is 5.74. The SMILES string of the molecule is CN(CCc1ccccc1)CC1OCC(NC(=O)N2CCOCC2)C1O. The zero-order chi connectivity index (χ0) is 18.4. The molecule has 2 aliphatic heterocycles. The van der Waals surface area contributed by atoms with E-state index in [1.807, 2.05) is 25.2 Å². The van der Waals surface area contributed by atoms with E-state index in [4.69, 9.17) is 9.47 Å². The molecule has 2 fully saturated rings. The van der Waals surface area contributed by atoms with Gasteiger partial charge in [0.05, 0.1) is 32.0 Å². The molecule has 0 aromatic heterocycles. The zero-order valence-electron chi connectivity index (χ0n) is 15.3. The highest BCUT2D eigenvalue weighted by Gasteiger charge is 2.38. The second-order valence-electron chi connectivity index (χ2n) is 7.02. The quantitative estimate of drug-likeness (QED) is 0.762. The van der Waals surface area contributed by atoms with Gasteiger partial charge >= 0.3 is 6.03 Å². The van der Waals surface area contributed by atoms with Crippen LogP contribution in [0.1, 0.15) is 5.56 Å². The Labute approximate surface area is 154 Å². The van der Waals surface area contributed by atoms with Crippen LogP contribution < -0.4 is 5.32 Å². The van der Waals surface area contributed by atoms with Crippen LogP contribution in [-0.4, -0.2) is 92.2 Å². The highest BCUT2D eigenvalue weighted by atomic mass is 16.5. The summed E-state index contributed by atoms with van der Waals surface area (Å²) in [5.74, 6) is 0. The molecule has 3 atom stereocenters. The Bertz CT molecular complexity index is 565.